The van der Waals surface area contributed by atoms with Gasteiger partial charge in [0.25, 0.3) is 0 Å². The van der Waals surface area contributed by atoms with Crippen molar-refractivity contribution < 1.29 is 0 Å². The summed E-state index contributed by atoms with van der Waals surface area (Å²) in [6.07, 6.45) is 3.83. The van der Waals surface area contributed by atoms with Crippen molar-refractivity contribution in [3.05, 3.63) is 0 Å². The SMILES string of the molecule is BNC1C(C)CCCC1N. The standard InChI is InChI=1S/C7H17BN2/c1-5-3-2-4-6(9)7(5)10-8/h5-7,10H,2-4,8-9H2,1H3. The highest BCUT2D eigenvalue weighted by molar-refractivity contribution is 6.04. The van der Waals surface area contributed by atoms with Gasteiger partial charge in [0.15, 0.2) is 7.98 Å². The molecule has 1 saturated carbocycles. The third-order valence-corrected chi connectivity index (χ3v) is 2.60. The summed E-state index contributed by atoms with van der Waals surface area (Å²) in [5.41, 5.74) is 5.92. The molecule has 0 aromatic rings. The highest BCUT2D eigenvalue weighted by Gasteiger charge is 2.25. The number of rotatable bonds is 1. The first kappa shape index (κ1) is 8.09. The van der Waals surface area contributed by atoms with Crippen molar-refractivity contribution in [3.63, 3.8) is 0 Å². The second kappa shape index (κ2) is 3.40. The van der Waals surface area contributed by atoms with Gasteiger partial charge in [-0.05, 0) is 18.8 Å². The van der Waals surface area contributed by atoms with E-state index in [1.807, 2.05) is 7.98 Å². The van der Waals surface area contributed by atoms with Crippen molar-refractivity contribution in [1.82, 2.24) is 5.23 Å². The summed E-state index contributed by atoms with van der Waals surface area (Å²) < 4.78 is 0. The van der Waals surface area contributed by atoms with Crippen molar-refractivity contribution >= 4 is 7.98 Å². The summed E-state index contributed by atoms with van der Waals surface area (Å²) in [4.78, 5) is 0. The Labute approximate surface area is 64.0 Å². The van der Waals surface area contributed by atoms with Crippen molar-refractivity contribution in [2.75, 3.05) is 0 Å². The second-order valence-electron chi connectivity index (χ2n) is 3.39. The van der Waals surface area contributed by atoms with Gasteiger partial charge >= 0.3 is 0 Å². The molecule has 0 aromatic carbocycles. The Morgan fingerprint density at radius 1 is 1.50 bits per heavy atom. The average molecular weight is 140 g/mol. The van der Waals surface area contributed by atoms with Gasteiger partial charge in [-0.25, -0.2) is 0 Å². The van der Waals surface area contributed by atoms with Gasteiger partial charge in [0.1, 0.15) is 0 Å². The monoisotopic (exact) mass is 140 g/mol. The van der Waals surface area contributed by atoms with Crippen molar-refractivity contribution in [1.29, 1.82) is 0 Å². The molecule has 0 radical (unpaired) electrons. The van der Waals surface area contributed by atoms with E-state index in [4.69, 9.17) is 5.73 Å². The maximum absolute atomic E-state index is 5.92. The third-order valence-electron chi connectivity index (χ3n) is 2.60. The zero-order valence-corrected chi connectivity index (χ0v) is 6.93. The molecule has 0 saturated heterocycles. The largest absolute Gasteiger partial charge is 0.358 e. The van der Waals surface area contributed by atoms with Crippen molar-refractivity contribution in [2.45, 2.75) is 38.3 Å². The highest BCUT2D eigenvalue weighted by Crippen LogP contribution is 2.22. The lowest BCUT2D eigenvalue weighted by Gasteiger charge is -2.34. The molecule has 0 aliphatic heterocycles. The predicted octanol–water partition coefficient (Wildman–Crippen LogP) is -0.360. The quantitative estimate of drug-likeness (QED) is 0.488. The Hall–Kier alpha value is -0.0151. The van der Waals surface area contributed by atoms with Crippen LogP contribution in [-0.4, -0.2) is 20.1 Å². The lowest BCUT2D eigenvalue weighted by Crippen LogP contribution is -2.50. The maximum Gasteiger partial charge on any atom is 0.182 e. The molecule has 1 fully saturated rings. The molecule has 2 nitrogen and oxygen atoms in total. The molecule has 3 atom stereocenters. The van der Waals surface area contributed by atoms with Crippen LogP contribution in [-0.2, 0) is 0 Å². The summed E-state index contributed by atoms with van der Waals surface area (Å²) in [5, 5.41) is 3.28. The van der Waals surface area contributed by atoms with Crippen LogP contribution < -0.4 is 11.0 Å². The van der Waals surface area contributed by atoms with Gasteiger partial charge in [0.05, 0.1) is 0 Å². The molecule has 0 bridgehead atoms. The molecule has 0 aromatic heterocycles. The van der Waals surface area contributed by atoms with Gasteiger partial charge in [0.2, 0.25) is 0 Å². The van der Waals surface area contributed by atoms with E-state index >= 15 is 0 Å². The van der Waals surface area contributed by atoms with Gasteiger partial charge in [0, 0.05) is 12.1 Å². The number of nitrogens with one attached hydrogen (secondary N) is 1. The fraction of sp³-hybridized carbons (Fsp3) is 1.00. The fourth-order valence-electron chi connectivity index (χ4n) is 1.96. The van der Waals surface area contributed by atoms with Crippen LogP contribution in [0.3, 0.4) is 0 Å². The molecule has 10 heavy (non-hydrogen) atoms. The number of hydrogen-bond donors (Lipinski definition) is 2. The van der Waals surface area contributed by atoms with E-state index < -0.39 is 0 Å². The smallest absolute Gasteiger partial charge is 0.182 e. The molecule has 0 amide bonds. The summed E-state index contributed by atoms with van der Waals surface area (Å²) in [6, 6.07) is 0.933. The molecular formula is C7H17BN2. The van der Waals surface area contributed by atoms with E-state index in [0.29, 0.717) is 12.1 Å². The summed E-state index contributed by atoms with van der Waals surface area (Å²) in [7, 11) is 2.01. The Bertz CT molecular complexity index is 97.8. The summed E-state index contributed by atoms with van der Waals surface area (Å²) in [6.45, 7) is 2.28. The van der Waals surface area contributed by atoms with E-state index in [2.05, 4.69) is 12.2 Å². The normalized spacial score (nSPS) is 41.6. The zero-order valence-electron chi connectivity index (χ0n) is 6.93. The van der Waals surface area contributed by atoms with Crippen molar-refractivity contribution in [3.8, 4) is 0 Å². The lowest BCUT2D eigenvalue weighted by molar-refractivity contribution is 0.277. The summed E-state index contributed by atoms with van der Waals surface area (Å²) in [5.74, 6) is 0.758. The number of nitrogens with two attached hydrogens (primary N) is 1. The Morgan fingerprint density at radius 3 is 2.60 bits per heavy atom. The zero-order chi connectivity index (χ0) is 7.56. The molecule has 1 rings (SSSR count). The van der Waals surface area contributed by atoms with E-state index in [-0.39, 0.29) is 0 Å². The van der Waals surface area contributed by atoms with Crippen LogP contribution >= 0.6 is 0 Å². The maximum atomic E-state index is 5.92. The van der Waals surface area contributed by atoms with Crippen LogP contribution in [0.4, 0.5) is 0 Å². The van der Waals surface area contributed by atoms with Crippen LogP contribution in [0.5, 0.6) is 0 Å². The molecule has 0 spiro atoms. The Kier molecular flexibility index (Phi) is 2.75. The van der Waals surface area contributed by atoms with Crippen molar-refractivity contribution in [2.24, 2.45) is 11.7 Å². The van der Waals surface area contributed by atoms with E-state index in [9.17, 15) is 0 Å². The van der Waals surface area contributed by atoms with Gasteiger partial charge in [-0.2, -0.15) is 0 Å². The van der Waals surface area contributed by atoms with Gasteiger partial charge in [-0.1, -0.05) is 13.3 Å². The topological polar surface area (TPSA) is 38.0 Å². The Morgan fingerprint density at radius 2 is 2.20 bits per heavy atom. The first-order valence-electron chi connectivity index (χ1n) is 4.18. The minimum atomic E-state index is 0.383. The average Bonchev–Trinajstić information content (AvgIpc) is 1.88. The fourth-order valence-corrected chi connectivity index (χ4v) is 1.96. The van der Waals surface area contributed by atoms with Gasteiger partial charge in [-0.3, -0.25) is 0 Å². The number of hydrogen-bond acceptors (Lipinski definition) is 2. The Balaban J connectivity index is 2.45. The van der Waals surface area contributed by atoms with E-state index in [0.717, 1.165) is 5.92 Å². The highest BCUT2D eigenvalue weighted by atomic mass is 14.9. The molecule has 58 valence electrons. The molecular weight excluding hydrogens is 123 g/mol. The first-order chi connectivity index (χ1) is 4.75. The van der Waals surface area contributed by atoms with Gasteiger partial charge in [-0.15, -0.1) is 0 Å². The van der Waals surface area contributed by atoms with E-state index in [1.54, 1.807) is 0 Å². The molecule has 3 unspecified atom stereocenters. The van der Waals surface area contributed by atoms with Gasteiger partial charge < -0.3 is 11.0 Å². The van der Waals surface area contributed by atoms with E-state index in [1.165, 1.54) is 19.3 Å². The molecule has 3 heteroatoms. The third kappa shape index (κ3) is 1.52. The van der Waals surface area contributed by atoms with Crippen LogP contribution in [0.1, 0.15) is 26.2 Å². The second-order valence-corrected chi connectivity index (χ2v) is 3.39. The molecule has 3 N–H and O–H groups in total. The van der Waals surface area contributed by atoms with Crippen LogP contribution in [0, 0.1) is 5.92 Å². The summed E-state index contributed by atoms with van der Waals surface area (Å²) >= 11 is 0. The first-order valence-corrected chi connectivity index (χ1v) is 4.18. The van der Waals surface area contributed by atoms with Crippen LogP contribution in [0.15, 0.2) is 0 Å². The van der Waals surface area contributed by atoms with Crippen LogP contribution in [0.2, 0.25) is 0 Å². The van der Waals surface area contributed by atoms with Crippen LogP contribution in [0.25, 0.3) is 0 Å². The molecule has 1 aliphatic carbocycles. The minimum Gasteiger partial charge on any atom is -0.358 e. The lowest BCUT2D eigenvalue weighted by atomic mass is 9.82. The minimum absolute atomic E-state index is 0.383. The predicted molar refractivity (Wildman–Crippen MR) is 46.5 cm³/mol. The molecule has 0 heterocycles. The molecule has 1 aliphatic rings.